The molecule has 0 saturated carbocycles. The van der Waals surface area contributed by atoms with Crippen LogP contribution in [0, 0.1) is 13.8 Å². The lowest BCUT2D eigenvalue weighted by Crippen LogP contribution is -2.46. The van der Waals surface area contributed by atoms with Gasteiger partial charge in [0.1, 0.15) is 0 Å². The topological polar surface area (TPSA) is 28.2 Å². The van der Waals surface area contributed by atoms with E-state index in [0.29, 0.717) is 6.04 Å². The Morgan fingerprint density at radius 1 is 1.50 bits per heavy atom. The molecule has 2 rings (SSSR count). The van der Waals surface area contributed by atoms with Crippen molar-refractivity contribution in [2.45, 2.75) is 39.7 Å². The van der Waals surface area contributed by atoms with Crippen molar-refractivity contribution in [2.24, 2.45) is 0 Å². The summed E-state index contributed by atoms with van der Waals surface area (Å²) in [5, 5.41) is 4.68. The quantitative estimate of drug-likeness (QED) is 0.877. The summed E-state index contributed by atoms with van der Waals surface area (Å²) in [7, 11) is 0. The van der Waals surface area contributed by atoms with Gasteiger partial charge in [-0.2, -0.15) is 0 Å². The number of nitrogens with zero attached hydrogens (tertiary/aromatic N) is 2. The summed E-state index contributed by atoms with van der Waals surface area (Å²) in [5.41, 5.74) is 1.18. The van der Waals surface area contributed by atoms with Crippen molar-refractivity contribution < 1.29 is 0 Å². The second-order valence-electron chi connectivity index (χ2n) is 4.42. The minimum absolute atomic E-state index is 0.628. The van der Waals surface area contributed by atoms with Crippen LogP contribution in [-0.2, 0) is 0 Å². The Morgan fingerprint density at radius 2 is 2.31 bits per heavy atom. The first-order chi connectivity index (χ1) is 7.72. The molecule has 0 amide bonds. The monoisotopic (exact) mass is 239 g/mol. The lowest BCUT2D eigenvalue weighted by molar-refractivity contribution is 0.435. The third kappa shape index (κ3) is 2.38. The van der Waals surface area contributed by atoms with E-state index in [4.69, 9.17) is 0 Å². The van der Waals surface area contributed by atoms with E-state index in [1.165, 1.54) is 35.1 Å². The summed E-state index contributed by atoms with van der Waals surface area (Å²) in [6.45, 7) is 9.81. The number of nitrogens with one attached hydrogen (secondary N) is 1. The molecule has 1 N–H and O–H groups in total. The normalized spacial score (nSPS) is 21.1. The van der Waals surface area contributed by atoms with Gasteiger partial charge in [0.25, 0.3) is 0 Å². The number of anilines is 1. The Hall–Kier alpha value is -0.610. The van der Waals surface area contributed by atoms with E-state index >= 15 is 0 Å². The molecule has 1 saturated heterocycles. The number of thiazole rings is 1. The van der Waals surface area contributed by atoms with Gasteiger partial charge in [-0.3, -0.25) is 0 Å². The highest BCUT2D eigenvalue weighted by Gasteiger charge is 2.22. The number of hydrogen-bond donors (Lipinski definition) is 1. The molecule has 4 heteroatoms. The van der Waals surface area contributed by atoms with Crippen LogP contribution >= 0.6 is 11.3 Å². The van der Waals surface area contributed by atoms with Crippen molar-refractivity contribution >= 4 is 16.5 Å². The molecule has 1 aliphatic rings. The van der Waals surface area contributed by atoms with Gasteiger partial charge in [-0.05, 0) is 40.2 Å². The fourth-order valence-electron chi connectivity index (χ4n) is 2.23. The van der Waals surface area contributed by atoms with Gasteiger partial charge in [-0.1, -0.05) is 0 Å². The van der Waals surface area contributed by atoms with Crippen molar-refractivity contribution in [1.29, 1.82) is 0 Å². The van der Waals surface area contributed by atoms with Crippen molar-refractivity contribution in [3.05, 3.63) is 10.6 Å². The first-order valence-electron chi connectivity index (χ1n) is 6.13. The Morgan fingerprint density at radius 3 is 2.81 bits per heavy atom. The van der Waals surface area contributed by atoms with Gasteiger partial charge in [-0.25, -0.2) is 4.98 Å². The van der Waals surface area contributed by atoms with E-state index in [1.807, 2.05) is 11.3 Å². The highest BCUT2D eigenvalue weighted by molar-refractivity contribution is 7.15. The van der Waals surface area contributed by atoms with Crippen LogP contribution in [0.25, 0.3) is 0 Å². The van der Waals surface area contributed by atoms with Crippen molar-refractivity contribution in [3.8, 4) is 0 Å². The zero-order chi connectivity index (χ0) is 11.5. The van der Waals surface area contributed by atoms with Crippen LogP contribution in [0.15, 0.2) is 0 Å². The molecule has 0 radical (unpaired) electrons. The maximum absolute atomic E-state index is 4.67. The molecule has 16 heavy (non-hydrogen) atoms. The van der Waals surface area contributed by atoms with E-state index < -0.39 is 0 Å². The average Bonchev–Trinajstić information content (AvgIpc) is 2.61. The molecule has 1 unspecified atom stereocenters. The second-order valence-corrected chi connectivity index (χ2v) is 5.61. The molecule has 1 aromatic heterocycles. The van der Waals surface area contributed by atoms with Crippen LogP contribution in [0.1, 0.15) is 30.3 Å². The van der Waals surface area contributed by atoms with Crippen LogP contribution in [0.5, 0.6) is 0 Å². The molecule has 1 fully saturated rings. The minimum Gasteiger partial charge on any atom is -0.344 e. The van der Waals surface area contributed by atoms with Gasteiger partial charge in [0.05, 0.1) is 5.69 Å². The molecular formula is C12H21N3S. The summed E-state index contributed by atoms with van der Waals surface area (Å²) in [6.07, 6.45) is 2.57. The van der Waals surface area contributed by atoms with E-state index in [0.717, 1.165) is 13.1 Å². The third-order valence-corrected chi connectivity index (χ3v) is 4.43. The second kappa shape index (κ2) is 5.15. The van der Waals surface area contributed by atoms with Crippen molar-refractivity contribution in [1.82, 2.24) is 10.3 Å². The predicted molar refractivity (Wildman–Crippen MR) is 70.5 cm³/mol. The Kier molecular flexibility index (Phi) is 3.82. The van der Waals surface area contributed by atoms with Gasteiger partial charge < -0.3 is 10.2 Å². The lowest BCUT2D eigenvalue weighted by atomic mass is 10.1. The summed E-state index contributed by atoms with van der Waals surface area (Å²) in [5.74, 6) is 0. The zero-order valence-electron chi connectivity index (χ0n) is 10.4. The molecule has 0 aromatic carbocycles. The van der Waals surface area contributed by atoms with E-state index in [9.17, 15) is 0 Å². The first-order valence-corrected chi connectivity index (χ1v) is 6.95. The highest BCUT2D eigenvalue weighted by Crippen LogP contribution is 2.27. The molecule has 0 spiro atoms. The number of piperidine rings is 1. The third-order valence-electron chi connectivity index (χ3n) is 3.32. The van der Waals surface area contributed by atoms with Crippen LogP contribution in [0.2, 0.25) is 0 Å². The molecule has 90 valence electrons. The number of aromatic nitrogens is 1. The summed E-state index contributed by atoms with van der Waals surface area (Å²) in [6, 6.07) is 0.628. The SMILES string of the molecule is CCN(c1nc(C)c(C)s1)C1CCCNC1. The molecule has 1 aliphatic heterocycles. The zero-order valence-corrected chi connectivity index (χ0v) is 11.2. The maximum atomic E-state index is 4.67. The van der Waals surface area contributed by atoms with Crippen LogP contribution in [-0.4, -0.2) is 30.7 Å². The Labute approximate surface area is 102 Å². The molecule has 2 heterocycles. The van der Waals surface area contributed by atoms with Crippen molar-refractivity contribution in [2.75, 3.05) is 24.5 Å². The largest absolute Gasteiger partial charge is 0.344 e. The van der Waals surface area contributed by atoms with Crippen LogP contribution in [0.3, 0.4) is 0 Å². The summed E-state index contributed by atoms with van der Waals surface area (Å²) >= 11 is 1.83. The van der Waals surface area contributed by atoms with Gasteiger partial charge in [0, 0.05) is 24.0 Å². The molecule has 1 atom stereocenters. The predicted octanol–water partition coefficient (Wildman–Crippen LogP) is 2.34. The molecule has 0 bridgehead atoms. The summed E-state index contributed by atoms with van der Waals surface area (Å²) < 4.78 is 0. The molecule has 1 aromatic rings. The summed E-state index contributed by atoms with van der Waals surface area (Å²) in [4.78, 5) is 8.47. The fraction of sp³-hybridized carbons (Fsp3) is 0.750. The number of hydrogen-bond acceptors (Lipinski definition) is 4. The van der Waals surface area contributed by atoms with Gasteiger partial charge >= 0.3 is 0 Å². The minimum atomic E-state index is 0.628. The lowest BCUT2D eigenvalue weighted by Gasteiger charge is -2.33. The van der Waals surface area contributed by atoms with Crippen molar-refractivity contribution in [3.63, 3.8) is 0 Å². The van der Waals surface area contributed by atoms with Crippen LogP contribution in [0.4, 0.5) is 5.13 Å². The van der Waals surface area contributed by atoms with E-state index in [1.54, 1.807) is 0 Å². The fourth-order valence-corrected chi connectivity index (χ4v) is 3.27. The Balaban J connectivity index is 2.14. The van der Waals surface area contributed by atoms with E-state index in [2.05, 4.69) is 36.0 Å². The molecule has 0 aliphatic carbocycles. The number of rotatable bonds is 3. The Bertz CT molecular complexity index is 323. The van der Waals surface area contributed by atoms with E-state index in [-0.39, 0.29) is 0 Å². The van der Waals surface area contributed by atoms with Gasteiger partial charge in [0.15, 0.2) is 5.13 Å². The molecule has 3 nitrogen and oxygen atoms in total. The standard InChI is InChI=1S/C12H21N3S/c1-4-15(11-6-5-7-13-8-11)12-14-9(2)10(3)16-12/h11,13H,4-8H2,1-3H3. The van der Waals surface area contributed by atoms with Gasteiger partial charge in [-0.15, -0.1) is 11.3 Å². The maximum Gasteiger partial charge on any atom is 0.186 e. The number of likely N-dealkylation sites (N-methyl/N-ethyl adjacent to an activating group) is 1. The van der Waals surface area contributed by atoms with Crippen LogP contribution < -0.4 is 10.2 Å². The molecular weight excluding hydrogens is 218 g/mol. The van der Waals surface area contributed by atoms with Gasteiger partial charge in [0.2, 0.25) is 0 Å². The average molecular weight is 239 g/mol. The number of aryl methyl sites for hydroxylation is 2. The highest BCUT2D eigenvalue weighted by atomic mass is 32.1. The smallest absolute Gasteiger partial charge is 0.186 e. The first kappa shape index (κ1) is 11.9.